The number of carbonyl (C=O) groups is 1. The Balaban J connectivity index is 2.23. The summed E-state index contributed by atoms with van der Waals surface area (Å²) in [6.45, 7) is 1.75. The Bertz CT molecular complexity index is 531. The average molecular weight is 253 g/mol. The fourth-order valence-corrected chi connectivity index (χ4v) is 1.77. The van der Waals surface area contributed by atoms with Crippen molar-refractivity contribution in [3.8, 4) is 0 Å². The van der Waals surface area contributed by atoms with Crippen molar-refractivity contribution in [3.05, 3.63) is 59.3 Å². The van der Waals surface area contributed by atoms with Gasteiger partial charge in [0.15, 0.2) is 5.78 Å². The summed E-state index contributed by atoms with van der Waals surface area (Å²) in [5.41, 5.74) is 0.990. The summed E-state index contributed by atoms with van der Waals surface area (Å²) in [6, 6.07) is 7.17. The van der Waals surface area contributed by atoms with Gasteiger partial charge < -0.3 is 4.42 Å². The number of carbonyl (C=O) groups excluding carboxylic acids is 1. The van der Waals surface area contributed by atoms with Crippen LogP contribution in [0.4, 0.5) is 4.39 Å². The van der Waals surface area contributed by atoms with Crippen LogP contribution in [-0.2, 0) is 0 Å². The third-order valence-corrected chi connectivity index (χ3v) is 2.86. The lowest BCUT2D eigenvalue weighted by atomic mass is 10.0. The quantitative estimate of drug-likeness (QED) is 0.613. The summed E-state index contributed by atoms with van der Waals surface area (Å²) in [5, 5.41) is -0.826. The molecule has 0 aliphatic rings. The van der Waals surface area contributed by atoms with Crippen LogP contribution in [0, 0.1) is 12.7 Å². The van der Waals surface area contributed by atoms with Crippen molar-refractivity contribution < 1.29 is 13.6 Å². The molecule has 1 aromatic carbocycles. The van der Waals surface area contributed by atoms with Crippen LogP contribution in [0.25, 0.3) is 0 Å². The molecule has 2 nitrogen and oxygen atoms in total. The summed E-state index contributed by atoms with van der Waals surface area (Å²) in [4.78, 5) is 12.0. The van der Waals surface area contributed by atoms with E-state index in [1.54, 1.807) is 13.0 Å². The van der Waals surface area contributed by atoms with E-state index in [-0.39, 0.29) is 11.6 Å². The minimum Gasteiger partial charge on any atom is -0.469 e. The predicted octanol–water partition coefficient (Wildman–Crippen LogP) is 3.89. The largest absolute Gasteiger partial charge is 0.469 e. The molecule has 17 heavy (non-hydrogen) atoms. The molecular weight excluding hydrogens is 243 g/mol. The molecule has 0 spiro atoms. The summed E-state index contributed by atoms with van der Waals surface area (Å²) in [6.07, 6.45) is 1.37. The molecule has 0 fully saturated rings. The zero-order chi connectivity index (χ0) is 12.4. The van der Waals surface area contributed by atoms with Crippen LogP contribution in [-0.4, -0.2) is 5.78 Å². The van der Waals surface area contributed by atoms with Gasteiger partial charge in [0.25, 0.3) is 0 Å². The van der Waals surface area contributed by atoms with E-state index in [4.69, 9.17) is 16.0 Å². The van der Waals surface area contributed by atoms with Crippen LogP contribution in [0.5, 0.6) is 0 Å². The van der Waals surface area contributed by atoms with Gasteiger partial charge in [-0.3, -0.25) is 4.79 Å². The van der Waals surface area contributed by atoms with Crippen LogP contribution < -0.4 is 0 Å². The van der Waals surface area contributed by atoms with Crippen molar-refractivity contribution in [2.45, 2.75) is 12.3 Å². The first-order chi connectivity index (χ1) is 8.08. The van der Waals surface area contributed by atoms with Gasteiger partial charge in [-0.1, -0.05) is 12.1 Å². The Morgan fingerprint density at radius 1 is 1.35 bits per heavy atom. The van der Waals surface area contributed by atoms with Crippen molar-refractivity contribution >= 4 is 17.4 Å². The van der Waals surface area contributed by atoms with E-state index in [1.165, 1.54) is 30.5 Å². The molecular formula is C13H10ClFO2. The smallest absolute Gasteiger partial charge is 0.188 e. The second kappa shape index (κ2) is 4.72. The molecule has 0 aliphatic carbocycles. The van der Waals surface area contributed by atoms with E-state index in [9.17, 15) is 9.18 Å². The number of hydrogen-bond acceptors (Lipinski definition) is 2. The molecule has 0 N–H and O–H groups in total. The second-order valence-electron chi connectivity index (χ2n) is 3.72. The molecule has 0 saturated heterocycles. The molecule has 4 heteroatoms. The third kappa shape index (κ3) is 2.56. The molecule has 0 radical (unpaired) electrons. The summed E-state index contributed by atoms with van der Waals surface area (Å²) >= 11 is 6.04. The number of aryl methyl sites for hydroxylation is 1. The lowest BCUT2D eigenvalue weighted by molar-refractivity contribution is 0.0986. The molecule has 0 saturated carbocycles. The van der Waals surface area contributed by atoms with Crippen LogP contribution in [0.1, 0.15) is 27.1 Å². The van der Waals surface area contributed by atoms with E-state index in [1.807, 2.05) is 0 Å². The van der Waals surface area contributed by atoms with Gasteiger partial charge in [0.2, 0.25) is 0 Å². The molecule has 0 amide bonds. The lowest BCUT2D eigenvalue weighted by Crippen LogP contribution is -2.06. The summed E-state index contributed by atoms with van der Waals surface area (Å²) in [7, 11) is 0. The maximum absolute atomic E-state index is 12.7. The van der Waals surface area contributed by atoms with Crippen molar-refractivity contribution in [2.75, 3.05) is 0 Å². The first-order valence-corrected chi connectivity index (χ1v) is 5.50. The fourth-order valence-electron chi connectivity index (χ4n) is 1.50. The van der Waals surface area contributed by atoms with Crippen molar-refractivity contribution in [1.29, 1.82) is 0 Å². The minimum absolute atomic E-state index is 0.255. The Labute approximate surface area is 103 Å². The topological polar surface area (TPSA) is 30.2 Å². The van der Waals surface area contributed by atoms with E-state index in [0.29, 0.717) is 16.9 Å². The highest BCUT2D eigenvalue weighted by molar-refractivity contribution is 6.33. The van der Waals surface area contributed by atoms with E-state index >= 15 is 0 Å². The molecule has 2 rings (SSSR count). The minimum atomic E-state index is -0.826. The Morgan fingerprint density at radius 3 is 2.53 bits per heavy atom. The number of alkyl halides is 1. The highest BCUT2D eigenvalue weighted by Gasteiger charge is 2.20. The monoisotopic (exact) mass is 252 g/mol. The van der Waals surface area contributed by atoms with E-state index in [2.05, 4.69) is 0 Å². The van der Waals surface area contributed by atoms with Crippen LogP contribution in [0.2, 0.25) is 0 Å². The van der Waals surface area contributed by atoms with Gasteiger partial charge in [-0.05, 0) is 30.7 Å². The SMILES string of the molecule is Cc1cc(C(=O)C(Cl)c2ccc(F)cc2)co1. The van der Waals surface area contributed by atoms with Gasteiger partial charge in [-0.25, -0.2) is 4.39 Å². The standard InChI is InChI=1S/C13H10ClFO2/c1-8-6-10(7-17-8)13(16)12(14)9-2-4-11(15)5-3-9/h2-7,12H,1H3. The van der Waals surface area contributed by atoms with Crippen LogP contribution >= 0.6 is 11.6 Å². The molecule has 2 aromatic rings. The van der Waals surface area contributed by atoms with Gasteiger partial charge in [0, 0.05) is 0 Å². The van der Waals surface area contributed by atoms with Gasteiger partial charge in [-0.15, -0.1) is 11.6 Å². The highest BCUT2D eigenvalue weighted by Crippen LogP contribution is 2.26. The number of benzene rings is 1. The second-order valence-corrected chi connectivity index (χ2v) is 4.16. The fraction of sp³-hybridized carbons (Fsp3) is 0.154. The van der Waals surface area contributed by atoms with E-state index in [0.717, 1.165) is 0 Å². The first-order valence-electron chi connectivity index (χ1n) is 5.07. The lowest BCUT2D eigenvalue weighted by Gasteiger charge is -2.06. The van der Waals surface area contributed by atoms with Gasteiger partial charge in [0.05, 0.1) is 5.56 Å². The third-order valence-electron chi connectivity index (χ3n) is 2.41. The number of furan rings is 1. The predicted molar refractivity (Wildman–Crippen MR) is 62.8 cm³/mol. The maximum atomic E-state index is 12.7. The molecule has 0 bridgehead atoms. The van der Waals surface area contributed by atoms with Crippen molar-refractivity contribution in [2.24, 2.45) is 0 Å². The maximum Gasteiger partial charge on any atom is 0.188 e. The van der Waals surface area contributed by atoms with Crippen LogP contribution in [0.3, 0.4) is 0 Å². The number of rotatable bonds is 3. The number of ketones is 1. The highest BCUT2D eigenvalue weighted by atomic mass is 35.5. The average Bonchev–Trinajstić information content (AvgIpc) is 2.75. The van der Waals surface area contributed by atoms with Gasteiger partial charge >= 0.3 is 0 Å². The van der Waals surface area contributed by atoms with Gasteiger partial charge in [0.1, 0.15) is 23.2 Å². The molecule has 1 aromatic heterocycles. The molecule has 1 heterocycles. The zero-order valence-electron chi connectivity index (χ0n) is 9.11. The Kier molecular flexibility index (Phi) is 3.29. The number of Topliss-reactive ketones (excluding diaryl/α,β-unsaturated/α-hetero) is 1. The van der Waals surface area contributed by atoms with Crippen molar-refractivity contribution in [1.82, 2.24) is 0 Å². The Hall–Kier alpha value is -1.61. The zero-order valence-corrected chi connectivity index (χ0v) is 9.87. The van der Waals surface area contributed by atoms with Gasteiger partial charge in [-0.2, -0.15) is 0 Å². The van der Waals surface area contributed by atoms with Crippen LogP contribution in [0.15, 0.2) is 41.0 Å². The summed E-state index contributed by atoms with van der Waals surface area (Å²) in [5.74, 6) is 0.0377. The Morgan fingerprint density at radius 2 is 2.00 bits per heavy atom. The number of halogens is 2. The van der Waals surface area contributed by atoms with Crippen molar-refractivity contribution in [3.63, 3.8) is 0 Å². The molecule has 1 atom stereocenters. The molecule has 1 unspecified atom stereocenters. The number of hydrogen-bond donors (Lipinski definition) is 0. The molecule has 0 aliphatic heterocycles. The van der Waals surface area contributed by atoms with E-state index < -0.39 is 5.38 Å². The molecule has 88 valence electrons. The summed E-state index contributed by atoms with van der Waals surface area (Å²) < 4.78 is 17.8. The first kappa shape index (κ1) is 11.9. The normalized spacial score (nSPS) is 12.4.